The number of aryl methyl sites for hydroxylation is 1. The Morgan fingerprint density at radius 3 is 2.38 bits per heavy atom. The van der Waals surface area contributed by atoms with E-state index in [-0.39, 0.29) is 0 Å². The van der Waals surface area contributed by atoms with Gasteiger partial charge >= 0.3 is 0 Å². The molecule has 0 fully saturated rings. The van der Waals surface area contributed by atoms with Crippen LogP contribution in [0, 0.1) is 6.92 Å². The van der Waals surface area contributed by atoms with Crippen molar-refractivity contribution in [3.05, 3.63) is 94.2 Å². The SMILES string of the molecule is Cc1ccc(CN(Cc2ccccn2)C(=S)Nc2ccc(Br)cc2)cc1. The molecule has 0 aliphatic heterocycles. The van der Waals surface area contributed by atoms with Crippen LogP contribution in [0.2, 0.25) is 0 Å². The summed E-state index contributed by atoms with van der Waals surface area (Å²) in [6.07, 6.45) is 1.81. The largest absolute Gasteiger partial charge is 0.339 e. The zero-order valence-electron chi connectivity index (χ0n) is 14.5. The quantitative estimate of drug-likeness (QED) is 0.542. The Bertz CT molecular complexity index is 849. The second kappa shape index (κ2) is 8.92. The number of rotatable bonds is 5. The van der Waals surface area contributed by atoms with Gasteiger partial charge in [-0.25, -0.2) is 0 Å². The van der Waals surface area contributed by atoms with Gasteiger partial charge in [0.1, 0.15) is 0 Å². The summed E-state index contributed by atoms with van der Waals surface area (Å²) in [5.74, 6) is 0. The van der Waals surface area contributed by atoms with Gasteiger partial charge in [0.2, 0.25) is 0 Å². The number of hydrogen-bond acceptors (Lipinski definition) is 2. The molecular weight excluding hydrogens is 406 g/mol. The van der Waals surface area contributed by atoms with Crippen molar-refractivity contribution >= 4 is 38.9 Å². The fourth-order valence-corrected chi connectivity index (χ4v) is 3.05. The van der Waals surface area contributed by atoms with Gasteiger partial charge in [-0.05, 0) is 61.1 Å². The van der Waals surface area contributed by atoms with Crippen molar-refractivity contribution in [3.8, 4) is 0 Å². The fraction of sp³-hybridized carbons (Fsp3) is 0.143. The van der Waals surface area contributed by atoms with Crippen LogP contribution in [0.25, 0.3) is 0 Å². The number of pyridine rings is 1. The van der Waals surface area contributed by atoms with Crippen LogP contribution in [0.15, 0.2) is 77.4 Å². The normalized spacial score (nSPS) is 10.4. The van der Waals surface area contributed by atoms with Gasteiger partial charge in [0.25, 0.3) is 0 Å². The molecule has 132 valence electrons. The number of thiocarbonyl (C=S) groups is 1. The topological polar surface area (TPSA) is 28.2 Å². The van der Waals surface area contributed by atoms with Gasteiger partial charge in [-0.3, -0.25) is 4.98 Å². The minimum atomic E-state index is 0.650. The summed E-state index contributed by atoms with van der Waals surface area (Å²) in [5.41, 5.74) is 4.42. The van der Waals surface area contributed by atoms with Gasteiger partial charge in [-0.2, -0.15) is 0 Å². The molecule has 1 heterocycles. The lowest BCUT2D eigenvalue weighted by Gasteiger charge is -2.26. The van der Waals surface area contributed by atoms with E-state index in [1.165, 1.54) is 11.1 Å². The molecular formula is C21H20BrN3S. The summed E-state index contributed by atoms with van der Waals surface area (Å²) >= 11 is 9.15. The molecule has 0 saturated heterocycles. The zero-order chi connectivity index (χ0) is 18.4. The minimum Gasteiger partial charge on any atom is -0.339 e. The fourth-order valence-electron chi connectivity index (χ4n) is 2.54. The van der Waals surface area contributed by atoms with E-state index >= 15 is 0 Å². The standard InChI is InChI=1S/C21H20BrN3S/c1-16-5-7-17(8-6-16)14-25(15-20-4-2-3-13-23-20)21(26)24-19-11-9-18(22)10-12-19/h2-13H,14-15H2,1H3,(H,24,26). The first-order valence-electron chi connectivity index (χ1n) is 8.37. The molecule has 0 unspecified atom stereocenters. The highest BCUT2D eigenvalue weighted by atomic mass is 79.9. The highest BCUT2D eigenvalue weighted by molar-refractivity contribution is 9.10. The van der Waals surface area contributed by atoms with Gasteiger partial charge in [0.15, 0.2) is 5.11 Å². The van der Waals surface area contributed by atoms with Gasteiger partial charge in [-0.1, -0.05) is 51.8 Å². The molecule has 5 heteroatoms. The van der Waals surface area contributed by atoms with Crippen LogP contribution >= 0.6 is 28.1 Å². The summed E-state index contributed by atoms with van der Waals surface area (Å²) in [5, 5.41) is 4.01. The third-order valence-corrected chi connectivity index (χ3v) is 4.84. The van der Waals surface area contributed by atoms with Crippen LogP contribution in [-0.4, -0.2) is 15.0 Å². The Hall–Kier alpha value is -2.24. The average Bonchev–Trinajstić information content (AvgIpc) is 2.65. The first-order valence-corrected chi connectivity index (χ1v) is 9.57. The Morgan fingerprint density at radius 1 is 1.00 bits per heavy atom. The van der Waals surface area contributed by atoms with Crippen LogP contribution in [0.4, 0.5) is 5.69 Å². The van der Waals surface area contributed by atoms with Crippen molar-refractivity contribution in [1.82, 2.24) is 9.88 Å². The van der Waals surface area contributed by atoms with Crippen LogP contribution in [0.5, 0.6) is 0 Å². The van der Waals surface area contributed by atoms with Crippen molar-refractivity contribution in [3.63, 3.8) is 0 Å². The summed E-state index contributed by atoms with van der Waals surface area (Å²) in [7, 11) is 0. The van der Waals surface area contributed by atoms with Crippen molar-refractivity contribution in [1.29, 1.82) is 0 Å². The Balaban J connectivity index is 1.77. The maximum Gasteiger partial charge on any atom is 0.174 e. The number of nitrogens with one attached hydrogen (secondary N) is 1. The molecule has 0 atom stereocenters. The molecule has 1 N–H and O–H groups in total. The molecule has 3 rings (SSSR count). The van der Waals surface area contributed by atoms with Gasteiger partial charge in [-0.15, -0.1) is 0 Å². The van der Waals surface area contributed by atoms with Crippen molar-refractivity contribution in [2.24, 2.45) is 0 Å². The smallest absolute Gasteiger partial charge is 0.174 e. The van der Waals surface area contributed by atoms with E-state index in [2.05, 4.69) is 62.3 Å². The molecule has 2 aromatic carbocycles. The van der Waals surface area contributed by atoms with Crippen LogP contribution in [0.3, 0.4) is 0 Å². The number of hydrogen-bond donors (Lipinski definition) is 1. The summed E-state index contributed by atoms with van der Waals surface area (Å²) < 4.78 is 1.04. The van der Waals surface area contributed by atoms with Crippen LogP contribution < -0.4 is 5.32 Å². The van der Waals surface area contributed by atoms with E-state index in [1.54, 1.807) is 0 Å². The number of benzene rings is 2. The molecule has 1 aromatic heterocycles. The monoisotopic (exact) mass is 425 g/mol. The van der Waals surface area contributed by atoms with E-state index in [4.69, 9.17) is 12.2 Å². The zero-order valence-corrected chi connectivity index (χ0v) is 16.9. The molecule has 0 aliphatic rings. The van der Waals surface area contributed by atoms with Gasteiger partial charge in [0, 0.05) is 22.9 Å². The highest BCUT2D eigenvalue weighted by Gasteiger charge is 2.12. The number of aromatic nitrogens is 1. The van der Waals surface area contributed by atoms with Crippen molar-refractivity contribution in [2.45, 2.75) is 20.0 Å². The Kier molecular flexibility index (Phi) is 6.36. The Labute approximate surface area is 168 Å². The maximum absolute atomic E-state index is 5.69. The van der Waals surface area contributed by atoms with E-state index < -0.39 is 0 Å². The minimum absolute atomic E-state index is 0.650. The molecule has 0 amide bonds. The molecule has 0 aliphatic carbocycles. The van der Waals surface area contributed by atoms with E-state index in [0.717, 1.165) is 22.4 Å². The Morgan fingerprint density at radius 2 is 1.73 bits per heavy atom. The second-order valence-corrected chi connectivity index (χ2v) is 7.40. The molecule has 0 spiro atoms. The predicted molar refractivity (Wildman–Crippen MR) is 115 cm³/mol. The average molecular weight is 426 g/mol. The van der Waals surface area contributed by atoms with E-state index in [1.807, 2.05) is 48.7 Å². The third-order valence-electron chi connectivity index (χ3n) is 3.96. The van der Waals surface area contributed by atoms with E-state index in [0.29, 0.717) is 11.7 Å². The molecule has 3 nitrogen and oxygen atoms in total. The molecule has 0 saturated carbocycles. The predicted octanol–water partition coefficient (Wildman–Crippen LogP) is 5.55. The first-order chi connectivity index (χ1) is 12.6. The van der Waals surface area contributed by atoms with E-state index in [9.17, 15) is 0 Å². The lowest BCUT2D eigenvalue weighted by Crippen LogP contribution is -2.34. The summed E-state index contributed by atoms with van der Waals surface area (Å²) in [4.78, 5) is 6.57. The van der Waals surface area contributed by atoms with Crippen LogP contribution in [-0.2, 0) is 13.1 Å². The van der Waals surface area contributed by atoms with Crippen molar-refractivity contribution in [2.75, 3.05) is 5.32 Å². The van der Waals surface area contributed by atoms with Gasteiger partial charge in [0.05, 0.1) is 12.2 Å². The van der Waals surface area contributed by atoms with Crippen LogP contribution in [0.1, 0.15) is 16.8 Å². The summed E-state index contributed by atoms with van der Waals surface area (Å²) in [6, 6.07) is 22.5. The molecule has 3 aromatic rings. The highest BCUT2D eigenvalue weighted by Crippen LogP contribution is 2.16. The lowest BCUT2D eigenvalue weighted by atomic mass is 10.1. The van der Waals surface area contributed by atoms with Gasteiger partial charge < -0.3 is 10.2 Å². The summed E-state index contributed by atoms with van der Waals surface area (Å²) in [6.45, 7) is 3.46. The number of halogens is 1. The lowest BCUT2D eigenvalue weighted by molar-refractivity contribution is 0.407. The molecule has 0 bridgehead atoms. The third kappa shape index (κ3) is 5.38. The number of anilines is 1. The van der Waals surface area contributed by atoms with Crippen molar-refractivity contribution < 1.29 is 0 Å². The molecule has 26 heavy (non-hydrogen) atoms. The maximum atomic E-state index is 5.69. The second-order valence-electron chi connectivity index (χ2n) is 6.10. The molecule has 0 radical (unpaired) electrons. The number of nitrogens with zero attached hydrogens (tertiary/aromatic N) is 2. The first kappa shape index (κ1) is 18.5.